The summed E-state index contributed by atoms with van der Waals surface area (Å²) < 4.78 is 23.4. The molecule has 1 unspecified atom stereocenters. The van der Waals surface area contributed by atoms with Crippen LogP contribution >= 0.6 is 0 Å². The number of aryl methyl sites for hydroxylation is 1. The first-order chi connectivity index (χ1) is 12.7. The van der Waals surface area contributed by atoms with E-state index in [1.165, 1.54) is 4.90 Å². The quantitative estimate of drug-likeness (QED) is 0.693. The molecule has 10 heteroatoms. The second kappa shape index (κ2) is 7.41. The fourth-order valence-corrected chi connectivity index (χ4v) is 5.23. The Bertz CT molecular complexity index is 849. The van der Waals surface area contributed by atoms with Gasteiger partial charge in [-0.15, -0.1) is 0 Å². The second-order valence-electron chi connectivity index (χ2n) is 7.16. The number of piperazine rings is 1. The van der Waals surface area contributed by atoms with Crippen LogP contribution in [0.4, 0.5) is 5.95 Å². The first-order valence-corrected chi connectivity index (χ1v) is 10.8. The third kappa shape index (κ3) is 4.37. The van der Waals surface area contributed by atoms with Gasteiger partial charge in [0, 0.05) is 51.9 Å². The first kappa shape index (κ1) is 19.5. The van der Waals surface area contributed by atoms with Crippen molar-refractivity contribution < 1.29 is 18.0 Å². The standard InChI is InChI=1S/C17H25N5O4S/c1-12-10-15(16(24)20(3)14-4-9-27(25,26)11-14)19-17(18-12)22-7-5-21(6-8-22)13(2)23/h10,14H,4-9,11H2,1-3H3. The highest BCUT2D eigenvalue weighted by molar-refractivity contribution is 7.91. The van der Waals surface area contributed by atoms with Gasteiger partial charge < -0.3 is 14.7 Å². The number of hydrogen-bond donors (Lipinski definition) is 0. The molecular weight excluding hydrogens is 370 g/mol. The van der Waals surface area contributed by atoms with E-state index in [1.807, 2.05) is 4.90 Å². The van der Waals surface area contributed by atoms with Gasteiger partial charge in [-0.25, -0.2) is 18.4 Å². The summed E-state index contributed by atoms with van der Waals surface area (Å²) in [6.07, 6.45) is 0.453. The minimum Gasteiger partial charge on any atom is -0.339 e. The van der Waals surface area contributed by atoms with Gasteiger partial charge in [0.05, 0.1) is 11.5 Å². The van der Waals surface area contributed by atoms with E-state index >= 15 is 0 Å². The summed E-state index contributed by atoms with van der Waals surface area (Å²) in [5.41, 5.74) is 0.933. The molecule has 0 aromatic carbocycles. The molecular formula is C17H25N5O4S. The van der Waals surface area contributed by atoms with Crippen molar-refractivity contribution in [2.45, 2.75) is 26.3 Å². The van der Waals surface area contributed by atoms with E-state index in [0.717, 1.165) is 0 Å². The van der Waals surface area contributed by atoms with Gasteiger partial charge in [0.15, 0.2) is 9.84 Å². The van der Waals surface area contributed by atoms with Crippen LogP contribution in [0.2, 0.25) is 0 Å². The predicted octanol–water partition coefficient (Wildman–Crippen LogP) is -0.287. The summed E-state index contributed by atoms with van der Waals surface area (Å²) in [7, 11) is -1.45. The molecule has 2 aliphatic rings. The number of aromatic nitrogens is 2. The highest BCUT2D eigenvalue weighted by Crippen LogP contribution is 2.20. The first-order valence-electron chi connectivity index (χ1n) is 9.00. The van der Waals surface area contributed by atoms with Crippen LogP contribution in [0.5, 0.6) is 0 Å². The molecule has 27 heavy (non-hydrogen) atoms. The van der Waals surface area contributed by atoms with E-state index in [2.05, 4.69) is 9.97 Å². The van der Waals surface area contributed by atoms with Crippen LogP contribution in [0.3, 0.4) is 0 Å². The highest BCUT2D eigenvalue weighted by Gasteiger charge is 2.33. The molecule has 2 fully saturated rings. The number of rotatable bonds is 3. The Morgan fingerprint density at radius 2 is 1.85 bits per heavy atom. The van der Waals surface area contributed by atoms with Crippen molar-refractivity contribution in [3.8, 4) is 0 Å². The van der Waals surface area contributed by atoms with Crippen molar-refractivity contribution in [1.29, 1.82) is 0 Å². The van der Waals surface area contributed by atoms with Crippen molar-refractivity contribution in [2.24, 2.45) is 0 Å². The van der Waals surface area contributed by atoms with Gasteiger partial charge in [0.25, 0.3) is 5.91 Å². The lowest BCUT2D eigenvalue weighted by molar-refractivity contribution is -0.129. The predicted molar refractivity (Wildman–Crippen MR) is 100 cm³/mol. The lowest BCUT2D eigenvalue weighted by atomic mass is 10.2. The number of hydrogen-bond acceptors (Lipinski definition) is 7. The molecule has 2 amide bonds. The molecule has 0 N–H and O–H groups in total. The number of amides is 2. The van der Waals surface area contributed by atoms with Crippen molar-refractivity contribution >= 4 is 27.6 Å². The Kier molecular flexibility index (Phi) is 5.36. The van der Waals surface area contributed by atoms with Crippen LogP contribution in [-0.4, -0.2) is 90.8 Å². The zero-order valence-electron chi connectivity index (χ0n) is 15.9. The topological polar surface area (TPSA) is 104 Å². The van der Waals surface area contributed by atoms with Gasteiger partial charge in [0.1, 0.15) is 5.69 Å². The zero-order valence-corrected chi connectivity index (χ0v) is 16.7. The van der Waals surface area contributed by atoms with Crippen molar-refractivity contribution in [3.63, 3.8) is 0 Å². The third-order valence-corrected chi connectivity index (χ3v) is 6.90. The van der Waals surface area contributed by atoms with E-state index in [9.17, 15) is 18.0 Å². The number of carbonyl (C=O) groups is 2. The molecule has 2 aliphatic heterocycles. The maximum Gasteiger partial charge on any atom is 0.272 e. The van der Waals surface area contributed by atoms with Crippen molar-refractivity contribution in [3.05, 3.63) is 17.5 Å². The molecule has 0 aliphatic carbocycles. The number of anilines is 1. The van der Waals surface area contributed by atoms with Crippen LogP contribution in [0, 0.1) is 6.92 Å². The summed E-state index contributed by atoms with van der Waals surface area (Å²) in [5.74, 6) is 0.326. The van der Waals surface area contributed by atoms with Gasteiger partial charge in [0.2, 0.25) is 11.9 Å². The summed E-state index contributed by atoms with van der Waals surface area (Å²) in [5, 5.41) is 0. The van der Waals surface area contributed by atoms with E-state index in [1.54, 1.807) is 31.9 Å². The average molecular weight is 395 g/mol. The monoisotopic (exact) mass is 395 g/mol. The van der Waals surface area contributed by atoms with Gasteiger partial charge in [-0.3, -0.25) is 9.59 Å². The fraction of sp³-hybridized carbons (Fsp3) is 0.647. The van der Waals surface area contributed by atoms with E-state index < -0.39 is 9.84 Å². The van der Waals surface area contributed by atoms with E-state index in [-0.39, 0.29) is 35.1 Å². The van der Waals surface area contributed by atoms with Crippen molar-refractivity contribution in [1.82, 2.24) is 19.8 Å². The molecule has 0 spiro atoms. The van der Waals surface area contributed by atoms with Gasteiger partial charge in [-0.2, -0.15) is 0 Å². The largest absolute Gasteiger partial charge is 0.339 e. The molecule has 0 radical (unpaired) electrons. The van der Waals surface area contributed by atoms with Crippen LogP contribution in [0.15, 0.2) is 6.07 Å². The Morgan fingerprint density at radius 1 is 1.19 bits per heavy atom. The minimum atomic E-state index is -3.07. The number of sulfone groups is 1. The molecule has 0 saturated carbocycles. The third-order valence-electron chi connectivity index (χ3n) is 5.15. The van der Waals surface area contributed by atoms with Crippen LogP contribution < -0.4 is 4.90 Å². The smallest absolute Gasteiger partial charge is 0.272 e. The Morgan fingerprint density at radius 3 is 2.41 bits per heavy atom. The molecule has 2 saturated heterocycles. The normalized spacial score (nSPS) is 22.0. The average Bonchev–Trinajstić information content (AvgIpc) is 3.00. The molecule has 1 aromatic heterocycles. The lowest BCUT2D eigenvalue weighted by Crippen LogP contribution is -2.48. The summed E-state index contributed by atoms with van der Waals surface area (Å²) in [6, 6.07) is 1.30. The molecule has 148 valence electrons. The van der Waals surface area contributed by atoms with Gasteiger partial charge >= 0.3 is 0 Å². The summed E-state index contributed by atoms with van der Waals surface area (Å²) in [4.78, 5) is 38.4. The maximum absolute atomic E-state index is 12.8. The Balaban J connectivity index is 1.75. The summed E-state index contributed by atoms with van der Waals surface area (Å²) in [6.45, 7) is 5.74. The number of carbonyl (C=O) groups excluding carboxylic acids is 2. The summed E-state index contributed by atoms with van der Waals surface area (Å²) >= 11 is 0. The van der Waals surface area contributed by atoms with E-state index in [0.29, 0.717) is 44.2 Å². The van der Waals surface area contributed by atoms with E-state index in [4.69, 9.17) is 0 Å². The maximum atomic E-state index is 12.8. The van der Waals surface area contributed by atoms with Crippen molar-refractivity contribution in [2.75, 3.05) is 49.6 Å². The minimum absolute atomic E-state index is 0.000824. The molecule has 1 aromatic rings. The second-order valence-corrected chi connectivity index (χ2v) is 9.39. The highest BCUT2D eigenvalue weighted by atomic mass is 32.2. The molecule has 0 bridgehead atoms. The molecule has 3 rings (SSSR count). The Labute approximate surface area is 159 Å². The Hall–Kier alpha value is -2.23. The van der Waals surface area contributed by atoms with Crippen LogP contribution in [0.1, 0.15) is 29.5 Å². The molecule has 3 heterocycles. The van der Waals surface area contributed by atoms with Gasteiger partial charge in [-0.1, -0.05) is 0 Å². The molecule has 9 nitrogen and oxygen atoms in total. The zero-order chi connectivity index (χ0) is 19.8. The number of nitrogens with zero attached hydrogens (tertiary/aromatic N) is 5. The SMILES string of the molecule is CC(=O)N1CCN(c2nc(C)cc(C(=O)N(C)C3CCS(=O)(=O)C3)n2)CC1. The van der Waals surface area contributed by atoms with Crippen LogP contribution in [-0.2, 0) is 14.6 Å². The van der Waals surface area contributed by atoms with Crippen LogP contribution in [0.25, 0.3) is 0 Å². The fourth-order valence-electron chi connectivity index (χ4n) is 3.45. The van der Waals surface area contributed by atoms with Gasteiger partial charge in [-0.05, 0) is 19.4 Å². The lowest BCUT2D eigenvalue weighted by Gasteiger charge is -2.34. The molecule has 1 atom stereocenters.